The van der Waals surface area contributed by atoms with Crippen molar-refractivity contribution >= 4 is 43.1 Å². The van der Waals surface area contributed by atoms with Gasteiger partial charge < -0.3 is 39.8 Å². The molecule has 5 N–H and O–H groups in total. The van der Waals surface area contributed by atoms with Crippen molar-refractivity contribution in [2.45, 2.75) is 32.7 Å². The quantitative estimate of drug-likeness (QED) is 0.126. The van der Waals surface area contributed by atoms with E-state index >= 15 is 0 Å². The van der Waals surface area contributed by atoms with Crippen molar-refractivity contribution in [3.8, 4) is 5.88 Å². The Balaban J connectivity index is 0.000000204. The summed E-state index contributed by atoms with van der Waals surface area (Å²) in [5, 5.41) is 10.3. The second-order valence-electron chi connectivity index (χ2n) is 10.5. The highest BCUT2D eigenvalue weighted by Gasteiger charge is 2.19. The van der Waals surface area contributed by atoms with E-state index < -0.39 is 31.7 Å². The Kier molecular flexibility index (Phi) is 12.0. The number of nitrogens with one attached hydrogen (secondary N) is 5. The van der Waals surface area contributed by atoms with Crippen LogP contribution >= 0.6 is 0 Å². The van der Waals surface area contributed by atoms with Crippen LogP contribution in [0.1, 0.15) is 11.5 Å². The Hall–Kier alpha value is -6.80. The number of ether oxygens (including phenoxy) is 1. The van der Waals surface area contributed by atoms with Crippen molar-refractivity contribution in [2.24, 2.45) is 0 Å². The second-order valence-corrected chi connectivity index (χ2v) is 14.4. The van der Waals surface area contributed by atoms with Crippen LogP contribution in [-0.4, -0.2) is 55.9 Å². The van der Waals surface area contributed by atoms with Gasteiger partial charge in [-0.1, -0.05) is 0 Å². The third-order valence-electron chi connectivity index (χ3n) is 6.95. The molecule has 0 radical (unpaired) electrons. The largest absolute Gasteiger partial charge is 0.481 e. The highest BCUT2D eigenvalue weighted by molar-refractivity contribution is 7.91. The van der Waals surface area contributed by atoms with E-state index in [1.807, 2.05) is 0 Å². The number of oxazole rings is 2. The summed E-state index contributed by atoms with van der Waals surface area (Å²) in [6, 6.07) is 15.8. The molecule has 0 aliphatic heterocycles. The summed E-state index contributed by atoms with van der Waals surface area (Å²) < 4.78 is 65.1. The van der Waals surface area contributed by atoms with Gasteiger partial charge in [-0.15, -0.1) is 0 Å². The number of H-pyrrole nitrogens is 1. The number of sulfone groups is 2. The summed E-state index contributed by atoms with van der Waals surface area (Å²) in [7, 11) is -6.03. The molecule has 0 fully saturated rings. The van der Waals surface area contributed by atoms with Crippen LogP contribution in [0.5, 0.6) is 5.88 Å². The standard InChI is InChI=1S/C17H16N4O5S.C16H14N4O5S/c1-25-16-7-6-15(10-19-16)27(23,24)14-4-2-12(3-5-14)21-17(22)20-9-13-8-18-11-26-13;21-15-6-5-14(9-18-15)26(23,24)13-3-1-11(2-4-13)20-16(22)19-8-12-7-17-10-25-12/h2-8,10-11H,9H2,1H3,(H2,20,21,22);1-7,9-10H,8H2,(H,18,21)(H2,19,20,22). The first-order valence-corrected chi connectivity index (χ1v) is 18.1. The summed E-state index contributed by atoms with van der Waals surface area (Å²) >= 11 is 0. The molecule has 0 aliphatic carbocycles. The van der Waals surface area contributed by atoms with Crippen LogP contribution in [0.3, 0.4) is 0 Å². The van der Waals surface area contributed by atoms with Crippen LogP contribution in [0.15, 0.2) is 144 Å². The lowest BCUT2D eigenvalue weighted by Gasteiger charge is -2.08. The summed E-state index contributed by atoms with van der Waals surface area (Å²) in [6.07, 6.45) is 7.88. The zero-order chi connectivity index (χ0) is 37.8. The van der Waals surface area contributed by atoms with Gasteiger partial charge in [-0.3, -0.25) is 4.79 Å². The third kappa shape index (κ3) is 10.1. The lowest BCUT2D eigenvalue weighted by molar-refractivity contribution is 0.250. The summed E-state index contributed by atoms with van der Waals surface area (Å²) in [5.41, 5.74) is 0.470. The van der Waals surface area contributed by atoms with Crippen molar-refractivity contribution in [1.29, 1.82) is 0 Å². The number of aromatic amines is 1. The number of methoxy groups -OCH3 is 1. The molecule has 0 aliphatic rings. The van der Waals surface area contributed by atoms with Crippen LogP contribution in [0.2, 0.25) is 0 Å². The highest BCUT2D eigenvalue weighted by atomic mass is 32.2. The fraction of sp³-hybridized carbons (Fsp3) is 0.0909. The number of rotatable bonds is 11. The van der Waals surface area contributed by atoms with E-state index in [9.17, 15) is 31.2 Å². The topological polar surface area (TPSA) is 258 Å². The molecule has 18 nitrogen and oxygen atoms in total. The Bertz CT molecular complexity index is 2380. The Morgan fingerprint density at radius 1 is 0.660 bits per heavy atom. The number of hydrogen-bond donors (Lipinski definition) is 5. The predicted octanol–water partition coefficient (Wildman–Crippen LogP) is 3.75. The first-order chi connectivity index (χ1) is 25.4. The van der Waals surface area contributed by atoms with Crippen molar-refractivity contribution in [1.82, 2.24) is 30.6 Å². The van der Waals surface area contributed by atoms with E-state index in [0.29, 0.717) is 28.8 Å². The van der Waals surface area contributed by atoms with Crippen LogP contribution in [-0.2, 0) is 32.8 Å². The molecule has 0 atom stereocenters. The van der Waals surface area contributed by atoms with Gasteiger partial charge in [0, 0.05) is 35.9 Å². The zero-order valence-corrected chi connectivity index (χ0v) is 29.2. The van der Waals surface area contributed by atoms with Crippen LogP contribution < -0.4 is 31.6 Å². The number of amides is 4. The first kappa shape index (κ1) is 37.5. The average molecular weight is 763 g/mol. The fourth-order valence-corrected chi connectivity index (χ4v) is 6.69. The molecule has 0 spiro atoms. The molecular formula is C33H30N8O10S2. The van der Waals surface area contributed by atoms with Gasteiger partial charge in [0.1, 0.15) is 11.5 Å². The molecule has 4 amide bonds. The molecule has 0 saturated carbocycles. The number of nitrogens with zero attached hydrogens (tertiary/aromatic N) is 3. The maximum atomic E-state index is 12.6. The number of urea groups is 2. The van der Waals surface area contributed by atoms with Gasteiger partial charge in [0.25, 0.3) is 0 Å². The van der Waals surface area contributed by atoms with Gasteiger partial charge in [0.05, 0.1) is 52.2 Å². The van der Waals surface area contributed by atoms with E-state index in [2.05, 4.69) is 41.2 Å². The summed E-state index contributed by atoms with van der Waals surface area (Å²) in [5.74, 6) is 1.34. The number of carbonyl (C=O) groups is 2. The molecule has 4 heterocycles. The van der Waals surface area contributed by atoms with E-state index in [1.165, 1.54) is 105 Å². The summed E-state index contributed by atoms with van der Waals surface area (Å²) in [6.45, 7) is 0.354. The Morgan fingerprint density at radius 3 is 1.53 bits per heavy atom. The number of aromatic nitrogens is 4. The van der Waals surface area contributed by atoms with E-state index in [-0.39, 0.29) is 38.2 Å². The predicted molar refractivity (Wildman–Crippen MR) is 186 cm³/mol. The number of hydrogen-bond acceptors (Lipinski definition) is 13. The maximum Gasteiger partial charge on any atom is 0.319 e. The number of pyridine rings is 2. The van der Waals surface area contributed by atoms with Gasteiger partial charge in [-0.05, 0) is 60.7 Å². The second kappa shape index (κ2) is 16.9. The van der Waals surface area contributed by atoms with E-state index in [1.54, 1.807) is 0 Å². The van der Waals surface area contributed by atoms with Crippen molar-refractivity contribution in [3.63, 3.8) is 0 Å². The smallest absolute Gasteiger partial charge is 0.319 e. The summed E-state index contributed by atoms with van der Waals surface area (Å²) in [4.78, 5) is 48.6. The van der Waals surface area contributed by atoms with E-state index in [4.69, 9.17) is 13.6 Å². The fourth-order valence-electron chi connectivity index (χ4n) is 4.26. The molecule has 4 aromatic heterocycles. The molecule has 6 aromatic rings. The minimum Gasteiger partial charge on any atom is -0.481 e. The highest BCUT2D eigenvalue weighted by Crippen LogP contribution is 2.23. The third-order valence-corrected chi connectivity index (χ3v) is 10.5. The van der Waals surface area contributed by atoms with Crippen molar-refractivity contribution in [3.05, 3.63) is 132 Å². The average Bonchev–Trinajstić information content (AvgIpc) is 3.90. The number of anilines is 2. The molecular weight excluding hydrogens is 733 g/mol. The minimum atomic E-state index is -3.76. The minimum absolute atomic E-state index is 0.0254. The zero-order valence-electron chi connectivity index (χ0n) is 27.5. The van der Waals surface area contributed by atoms with Gasteiger partial charge in [-0.2, -0.15) is 0 Å². The van der Waals surface area contributed by atoms with Gasteiger partial charge in [0.2, 0.25) is 31.1 Å². The molecule has 6 rings (SSSR count). The van der Waals surface area contributed by atoms with Crippen LogP contribution in [0, 0.1) is 0 Å². The maximum absolute atomic E-state index is 12.6. The number of benzene rings is 2. The van der Waals surface area contributed by atoms with Crippen LogP contribution in [0.25, 0.3) is 0 Å². The Morgan fingerprint density at radius 2 is 1.13 bits per heavy atom. The molecule has 20 heteroatoms. The van der Waals surface area contributed by atoms with Crippen molar-refractivity contribution in [2.75, 3.05) is 17.7 Å². The SMILES string of the molecule is COc1ccc(S(=O)(=O)c2ccc(NC(=O)NCc3cnco3)cc2)cn1.O=C(NCc1cnco1)Nc1ccc(S(=O)(=O)c2ccc(=O)[nH]c2)cc1. The lowest BCUT2D eigenvalue weighted by Crippen LogP contribution is -2.28. The Labute approximate surface area is 301 Å². The van der Waals surface area contributed by atoms with Crippen LogP contribution in [0.4, 0.5) is 21.0 Å². The molecule has 53 heavy (non-hydrogen) atoms. The lowest BCUT2D eigenvalue weighted by atomic mass is 10.3. The van der Waals surface area contributed by atoms with E-state index in [0.717, 1.165) is 12.3 Å². The van der Waals surface area contributed by atoms with Gasteiger partial charge in [0.15, 0.2) is 12.8 Å². The number of carbonyl (C=O) groups excluding carboxylic acids is 2. The molecule has 2 aromatic carbocycles. The molecule has 274 valence electrons. The first-order valence-electron chi connectivity index (χ1n) is 15.2. The van der Waals surface area contributed by atoms with Crippen molar-refractivity contribution < 1.29 is 40.0 Å². The monoisotopic (exact) mass is 762 g/mol. The molecule has 0 saturated heterocycles. The van der Waals surface area contributed by atoms with Gasteiger partial charge in [-0.25, -0.2) is 41.4 Å². The normalized spacial score (nSPS) is 11.0. The molecule has 0 bridgehead atoms. The molecule has 0 unspecified atom stereocenters. The van der Waals surface area contributed by atoms with Gasteiger partial charge >= 0.3 is 12.1 Å².